The summed E-state index contributed by atoms with van der Waals surface area (Å²) in [4.78, 5) is 26.9. The third-order valence-corrected chi connectivity index (χ3v) is 7.13. The number of para-hydroxylation sites is 2. The first-order valence-electron chi connectivity index (χ1n) is 11.9. The second kappa shape index (κ2) is 8.44. The van der Waals surface area contributed by atoms with Crippen LogP contribution < -0.4 is 26.0 Å². The number of aryl methyl sites for hydroxylation is 1. The molecule has 1 aliphatic rings. The van der Waals surface area contributed by atoms with Gasteiger partial charge in [0.25, 0.3) is 5.56 Å². The number of aromatic nitrogens is 3. The monoisotopic (exact) mass is 494 g/mol. The molecule has 3 aromatic carbocycles. The van der Waals surface area contributed by atoms with Crippen molar-refractivity contribution in [1.82, 2.24) is 13.7 Å². The number of ether oxygens (including phenoxy) is 2. The van der Waals surface area contributed by atoms with Gasteiger partial charge in [-0.15, -0.1) is 0 Å². The fourth-order valence-corrected chi connectivity index (χ4v) is 5.38. The number of benzene rings is 3. The van der Waals surface area contributed by atoms with E-state index < -0.39 is 6.04 Å². The minimum absolute atomic E-state index is 0.336. The average Bonchev–Trinajstić information content (AvgIpc) is 3.31. The van der Waals surface area contributed by atoms with Crippen molar-refractivity contribution < 1.29 is 9.47 Å². The van der Waals surface area contributed by atoms with Gasteiger partial charge in [-0.1, -0.05) is 42.5 Å². The van der Waals surface area contributed by atoms with Crippen molar-refractivity contribution >= 4 is 16.6 Å². The zero-order valence-electron chi connectivity index (χ0n) is 21.0. The van der Waals surface area contributed by atoms with E-state index in [0.717, 1.165) is 33.9 Å². The summed E-state index contributed by atoms with van der Waals surface area (Å²) in [6, 6.07) is 23.0. The van der Waals surface area contributed by atoms with E-state index in [2.05, 4.69) is 9.88 Å². The maximum absolute atomic E-state index is 13.7. The summed E-state index contributed by atoms with van der Waals surface area (Å²) in [5, 5.41) is 4.14. The topological polar surface area (TPSA) is 79.4 Å². The Morgan fingerprint density at radius 2 is 1.57 bits per heavy atom. The normalized spacial score (nSPS) is 14.1. The Morgan fingerprint density at radius 1 is 0.838 bits per heavy atom. The van der Waals surface area contributed by atoms with Crippen LogP contribution in [-0.4, -0.2) is 27.9 Å². The fourth-order valence-electron chi connectivity index (χ4n) is 5.38. The highest BCUT2D eigenvalue weighted by atomic mass is 16.5. The van der Waals surface area contributed by atoms with Gasteiger partial charge in [-0.25, -0.2) is 4.79 Å². The quantitative estimate of drug-likeness (QED) is 0.405. The number of nitrogens with zero attached hydrogens (tertiary/aromatic N) is 3. The zero-order chi connectivity index (χ0) is 25.8. The number of methoxy groups -OCH3 is 2. The van der Waals surface area contributed by atoms with E-state index >= 15 is 0 Å². The van der Waals surface area contributed by atoms with E-state index in [1.165, 1.54) is 11.6 Å². The first kappa shape index (κ1) is 22.7. The highest BCUT2D eigenvalue weighted by Gasteiger charge is 2.35. The molecule has 0 saturated carbocycles. The SMILES string of the molecule is COc1ccc(C2Nc3ccccc3-n3c(-c4ccccc4)c4c(=O)n(C)c(=O)n(C)c4c32)c(OC)c1. The number of fused-ring (bicyclic) bond motifs is 5. The first-order valence-corrected chi connectivity index (χ1v) is 11.9. The van der Waals surface area contributed by atoms with Gasteiger partial charge in [-0.2, -0.15) is 0 Å². The molecule has 0 amide bonds. The van der Waals surface area contributed by atoms with Gasteiger partial charge in [-0.05, 0) is 29.8 Å². The van der Waals surface area contributed by atoms with E-state index in [9.17, 15) is 9.59 Å². The highest BCUT2D eigenvalue weighted by Crippen LogP contribution is 2.47. The smallest absolute Gasteiger partial charge is 0.331 e. The van der Waals surface area contributed by atoms with Gasteiger partial charge in [0.2, 0.25) is 0 Å². The molecule has 8 nitrogen and oxygen atoms in total. The van der Waals surface area contributed by atoms with Crippen LogP contribution in [0.25, 0.3) is 27.8 Å². The van der Waals surface area contributed by atoms with Crippen LogP contribution in [0.1, 0.15) is 17.3 Å². The maximum Gasteiger partial charge on any atom is 0.331 e. The second-order valence-corrected chi connectivity index (χ2v) is 9.07. The molecule has 1 aliphatic heterocycles. The lowest BCUT2D eigenvalue weighted by Crippen LogP contribution is -2.37. The largest absolute Gasteiger partial charge is 0.497 e. The second-order valence-electron chi connectivity index (χ2n) is 9.07. The number of hydrogen-bond donors (Lipinski definition) is 1. The lowest BCUT2D eigenvalue weighted by molar-refractivity contribution is 0.390. The molecule has 3 heterocycles. The van der Waals surface area contributed by atoms with Gasteiger partial charge in [0.05, 0.1) is 53.9 Å². The molecule has 1 N–H and O–H groups in total. The Hall–Kier alpha value is -4.72. The summed E-state index contributed by atoms with van der Waals surface area (Å²) in [7, 11) is 6.46. The van der Waals surface area contributed by atoms with Crippen LogP contribution in [0.15, 0.2) is 82.4 Å². The van der Waals surface area contributed by atoms with E-state index in [1.807, 2.05) is 72.8 Å². The Bertz CT molecular complexity index is 1800. The number of anilines is 1. The van der Waals surface area contributed by atoms with Crippen LogP contribution in [0.2, 0.25) is 0 Å². The van der Waals surface area contributed by atoms with Crippen LogP contribution in [0.4, 0.5) is 5.69 Å². The molecule has 0 spiro atoms. The van der Waals surface area contributed by atoms with Gasteiger partial charge >= 0.3 is 5.69 Å². The van der Waals surface area contributed by atoms with Crippen LogP contribution in [0, 0.1) is 0 Å². The minimum Gasteiger partial charge on any atom is -0.497 e. The predicted molar refractivity (Wildman–Crippen MR) is 144 cm³/mol. The van der Waals surface area contributed by atoms with Gasteiger partial charge < -0.3 is 19.4 Å². The molecule has 1 unspecified atom stereocenters. The Morgan fingerprint density at radius 3 is 2.30 bits per heavy atom. The summed E-state index contributed by atoms with van der Waals surface area (Å²) < 4.78 is 16.1. The highest BCUT2D eigenvalue weighted by molar-refractivity contribution is 5.99. The molecule has 2 aromatic heterocycles. The fraction of sp³-hybridized carbons (Fsp3) is 0.172. The Labute approximate surface area is 212 Å². The van der Waals surface area contributed by atoms with E-state index in [-0.39, 0.29) is 11.2 Å². The molecular formula is C29H26N4O4. The van der Waals surface area contributed by atoms with Gasteiger partial charge in [0, 0.05) is 25.7 Å². The van der Waals surface area contributed by atoms with Gasteiger partial charge in [-0.3, -0.25) is 13.9 Å². The van der Waals surface area contributed by atoms with Crippen molar-refractivity contribution in [2.75, 3.05) is 19.5 Å². The van der Waals surface area contributed by atoms with Crippen LogP contribution >= 0.6 is 0 Å². The van der Waals surface area contributed by atoms with Crippen molar-refractivity contribution in [1.29, 1.82) is 0 Å². The van der Waals surface area contributed by atoms with Gasteiger partial charge in [0.15, 0.2) is 0 Å². The lowest BCUT2D eigenvalue weighted by atomic mass is 9.98. The number of rotatable bonds is 4. The maximum atomic E-state index is 13.7. The molecular weight excluding hydrogens is 468 g/mol. The van der Waals surface area contributed by atoms with Crippen molar-refractivity contribution in [3.05, 3.63) is 105 Å². The zero-order valence-corrected chi connectivity index (χ0v) is 21.0. The molecule has 0 radical (unpaired) electrons. The third kappa shape index (κ3) is 3.22. The van der Waals surface area contributed by atoms with Crippen LogP contribution in [0.5, 0.6) is 11.5 Å². The molecule has 0 aliphatic carbocycles. The molecule has 0 bridgehead atoms. The standard InChI is InChI=1S/C29H26N4O4/c1-31-26-23(28(34)32(2)29(31)35)25(17-10-6-5-7-11-17)33-21-13-9-8-12-20(21)30-24(27(26)33)19-15-14-18(36-3)16-22(19)37-4/h5-16,24,30H,1-4H3. The van der Waals surface area contributed by atoms with Crippen molar-refractivity contribution in [2.45, 2.75) is 6.04 Å². The van der Waals surface area contributed by atoms with E-state index in [4.69, 9.17) is 9.47 Å². The number of hydrogen-bond acceptors (Lipinski definition) is 5. The summed E-state index contributed by atoms with van der Waals surface area (Å²) in [6.07, 6.45) is 0. The summed E-state index contributed by atoms with van der Waals surface area (Å²) in [5.74, 6) is 1.30. The lowest BCUT2D eigenvalue weighted by Gasteiger charge is -2.32. The van der Waals surface area contributed by atoms with Crippen molar-refractivity contribution in [3.8, 4) is 28.4 Å². The van der Waals surface area contributed by atoms with Crippen molar-refractivity contribution in [3.63, 3.8) is 0 Å². The molecule has 37 heavy (non-hydrogen) atoms. The van der Waals surface area contributed by atoms with E-state index in [0.29, 0.717) is 22.4 Å². The minimum atomic E-state index is -0.423. The molecule has 0 saturated heterocycles. The van der Waals surface area contributed by atoms with Crippen molar-refractivity contribution in [2.24, 2.45) is 14.1 Å². The summed E-state index contributed by atoms with van der Waals surface area (Å²) >= 11 is 0. The third-order valence-electron chi connectivity index (χ3n) is 7.13. The van der Waals surface area contributed by atoms with E-state index in [1.54, 1.807) is 25.8 Å². The number of nitrogens with one attached hydrogen (secondary N) is 1. The Balaban J connectivity index is 1.84. The molecule has 186 valence electrons. The summed E-state index contributed by atoms with van der Waals surface area (Å²) in [6.45, 7) is 0. The first-order chi connectivity index (χ1) is 18.0. The van der Waals surface area contributed by atoms with Crippen LogP contribution in [-0.2, 0) is 14.1 Å². The molecule has 5 aromatic rings. The molecule has 0 fully saturated rings. The van der Waals surface area contributed by atoms with Gasteiger partial charge in [0.1, 0.15) is 11.5 Å². The average molecular weight is 495 g/mol. The predicted octanol–water partition coefficient (Wildman–Crippen LogP) is 4.23. The van der Waals surface area contributed by atoms with Crippen LogP contribution in [0.3, 0.4) is 0 Å². The molecule has 8 heteroatoms. The Kier molecular flexibility index (Phi) is 5.19. The molecule has 6 rings (SSSR count). The summed E-state index contributed by atoms with van der Waals surface area (Å²) in [5.41, 5.74) is 4.92. The molecule has 1 atom stereocenters.